The van der Waals surface area contributed by atoms with Crippen LogP contribution in [0, 0.1) is 12.5 Å². The van der Waals surface area contributed by atoms with E-state index >= 15 is 0 Å². The average Bonchev–Trinajstić information content (AvgIpc) is 2.78. The first-order valence-corrected chi connectivity index (χ1v) is 6.52. The van der Waals surface area contributed by atoms with Crippen LogP contribution in [0.25, 0.3) is 0 Å². The van der Waals surface area contributed by atoms with Crippen LogP contribution in [0.5, 0.6) is 0 Å². The van der Waals surface area contributed by atoms with Gasteiger partial charge in [-0.1, -0.05) is 17.7 Å². The predicted octanol–water partition coefficient (Wildman–Crippen LogP) is 1.73. The van der Waals surface area contributed by atoms with Crippen LogP contribution in [-0.2, 0) is 10.0 Å². The first-order valence-electron chi connectivity index (χ1n) is 5.08. The van der Waals surface area contributed by atoms with Crippen LogP contribution in [0.2, 0.25) is 0 Å². The van der Waals surface area contributed by atoms with Gasteiger partial charge in [-0.3, -0.25) is 0 Å². The Bertz CT molecular complexity index is 562. The Hall–Kier alpha value is -1.76. The molecule has 17 heavy (non-hydrogen) atoms. The zero-order chi connectivity index (χ0) is 12.5. The van der Waals surface area contributed by atoms with E-state index in [-0.39, 0.29) is 17.3 Å². The molecule has 0 saturated carbocycles. The topological polar surface area (TPSA) is 86.0 Å². The van der Waals surface area contributed by atoms with E-state index in [0.29, 0.717) is 6.42 Å². The maximum atomic E-state index is 12.1. The molecule has 0 amide bonds. The summed E-state index contributed by atoms with van der Waals surface area (Å²) in [6.45, 7) is 2.13. The van der Waals surface area contributed by atoms with Crippen molar-refractivity contribution in [3.63, 3.8) is 0 Å². The molecule has 0 aromatic heterocycles. The van der Waals surface area contributed by atoms with Crippen molar-refractivity contribution in [2.45, 2.75) is 18.2 Å². The quantitative estimate of drug-likeness (QED) is 0.813. The molecule has 1 aliphatic rings. The molecule has 90 valence electrons. The highest BCUT2D eigenvalue weighted by molar-refractivity contribution is 7.89. The highest BCUT2D eigenvalue weighted by atomic mass is 32.2. The van der Waals surface area contributed by atoms with Gasteiger partial charge in [-0.25, -0.2) is 5.53 Å². The summed E-state index contributed by atoms with van der Waals surface area (Å²) in [5.41, 5.74) is 7.80. The monoisotopic (exact) mass is 252 g/mol. The predicted molar refractivity (Wildman–Crippen MR) is 62.3 cm³/mol. The maximum Gasteiger partial charge on any atom is 0.279 e. The van der Waals surface area contributed by atoms with Gasteiger partial charge in [0.2, 0.25) is 0 Å². The lowest BCUT2D eigenvalue weighted by atomic mass is 10.2. The van der Waals surface area contributed by atoms with Gasteiger partial charge >= 0.3 is 0 Å². The first-order chi connectivity index (χ1) is 8.04. The Morgan fingerprint density at radius 1 is 1.35 bits per heavy atom. The fourth-order valence-corrected chi connectivity index (χ4v) is 2.77. The molecule has 1 aliphatic heterocycles. The average molecular weight is 252 g/mol. The summed E-state index contributed by atoms with van der Waals surface area (Å²) >= 11 is 0. The van der Waals surface area contributed by atoms with Crippen LogP contribution in [-0.4, -0.2) is 25.2 Å². The van der Waals surface area contributed by atoms with E-state index < -0.39 is 10.0 Å². The highest BCUT2D eigenvalue weighted by Gasteiger charge is 2.27. The molecule has 1 N–H and O–H groups in total. The number of benzene rings is 1. The maximum absolute atomic E-state index is 12.1. The van der Waals surface area contributed by atoms with Gasteiger partial charge in [0.15, 0.2) is 5.84 Å². The second kappa shape index (κ2) is 4.25. The standard InChI is InChI=1S/C10H12N4O2S/c1-8-2-4-9(5-3-8)17(15,16)14-7-6-10(12-11)13-14/h2-5,11H,6-7H2,1H3. The number of nitrogens with one attached hydrogen (secondary N) is 1. The Kier molecular flexibility index (Phi) is 2.93. The van der Waals surface area contributed by atoms with Gasteiger partial charge < -0.3 is 0 Å². The minimum absolute atomic E-state index is 0.207. The molecule has 0 spiro atoms. The second-order valence-corrected chi connectivity index (χ2v) is 5.58. The third-order valence-corrected chi connectivity index (χ3v) is 4.17. The molecule has 0 unspecified atom stereocenters. The van der Waals surface area contributed by atoms with Crippen molar-refractivity contribution in [1.82, 2.24) is 4.41 Å². The molecule has 7 heteroatoms. The molecule has 0 saturated heterocycles. The van der Waals surface area contributed by atoms with E-state index in [0.717, 1.165) is 9.98 Å². The van der Waals surface area contributed by atoms with Crippen molar-refractivity contribution in [2.75, 3.05) is 6.54 Å². The largest absolute Gasteiger partial charge is 0.279 e. The molecule has 1 aromatic rings. The number of hydrogen-bond donors (Lipinski definition) is 1. The number of aryl methyl sites for hydroxylation is 1. The van der Waals surface area contributed by atoms with E-state index in [9.17, 15) is 8.42 Å². The fourth-order valence-electron chi connectivity index (χ4n) is 1.51. The van der Waals surface area contributed by atoms with Gasteiger partial charge in [0.25, 0.3) is 10.0 Å². The highest BCUT2D eigenvalue weighted by Crippen LogP contribution is 2.20. The van der Waals surface area contributed by atoms with Crippen LogP contribution >= 0.6 is 0 Å². The van der Waals surface area contributed by atoms with Crippen molar-refractivity contribution < 1.29 is 8.42 Å². The van der Waals surface area contributed by atoms with Gasteiger partial charge in [-0.05, 0) is 19.1 Å². The normalized spacial score (nSPS) is 15.8. The lowest BCUT2D eigenvalue weighted by Gasteiger charge is -2.13. The summed E-state index contributed by atoms with van der Waals surface area (Å²) in [4.78, 5) is 0.207. The zero-order valence-corrected chi connectivity index (χ0v) is 10.1. The minimum Gasteiger partial charge on any atom is -0.203 e. The lowest BCUT2D eigenvalue weighted by Crippen LogP contribution is -2.23. The number of rotatable bonds is 2. The Labute approximate surface area is 99.5 Å². The molecule has 0 radical (unpaired) electrons. The summed E-state index contributed by atoms with van der Waals surface area (Å²) in [6.07, 6.45) is 0.384. The van der Waals surface area contributed by atoms with Crippen LogP contribution in [0.3, 0.4) is 0 Å². The molecule has 1 heterocycles. The van der Waals surface area contributed by atoms with Crippen LogP contribution in [0.1, 0.15) is 12.0 Å². The van der Waals surface area contributed by atoms with Crippen molar-refractivity contribution in [2.24, 2.45) is 10.2 Å². The van der Waals surface area contributed by atoms with Gasteiger partial charge in [-0.2, -0.15) is 12.8 Å². The fraction of sp³-hybridized carbons (Fsp3) is 0.300. The summed E-state index contributed by atoms with van der Waals surface area (Å²) in [7, 11) is -3.60. The van der Waals surface area contributed by atoms with E-state index in [4.69, 9.17) is 5.53 Å². The molecule has 0 aliphatic carbocycles. The third kappa shape index (κ3) is 2.19. The van der Waals surface area contributed by atoms with Crippen molar-refractivity contribution in [3.05, 3.63) is 29.8 Å². The van der Waals surface area contributed by atoms with Crippen LogP contribution < -0.4 is 0 Å². The molecule has 0 bridgehead atoms. The summed E-state index contributed by atoms with van der Waals surface area (Å²) in [6, 6.07) is 6.58. The number of hydrogen-bond acceptors (Lipinski definition) is 5. The number of sulfonamides is 1. The Balaban J connectivity index is 2.34. The van der Waals surface area contributed by atoms with E-state index in [1.165, 1.54) is 0 Å². The van der Waals surface area contributed by atoms with E-state index in [2.05, 4.69) is 10.2 Å². The molecule has 1 aromatic carbocycles. The molecule has 6 nitrogen and oxygen atoms in total. The molecule has 0 atom stereocenters. The minimum atomic E-state index is -3.60. The Morgan fingerprint density at radius 2 is 2.00 bits per heavy atom. The van der Waals surface area contributed by atoms with Crippen LogP contribution in [0.4, 0.5) is 0 Å². The Morgan fingerprint density at radius 3 is 2.53 bits per heavy atom. The van der Waals surface area contributed by atoms with Crippen molar-refractivity contribution >= 4 is 15.9 Å². The molecule has 0 fully saturated rings. The second-order valence-electron chi connectivity index (χ2n) is 3.74. The van der Waals surface area contributed by atoms with Gasteiger partial charge in [0.05, 0.1) is 11.4 Å². The number of amidine groups is 1. The molecular weight excluding hydrogens is 240 g/mol. The van der Waals surface area contributed by atoms with E-state index in [1.54, 1.807) is 24.3 Å². The first kappa shape index (κ1) is 11.7. The molecular formula is C10H12N4O2S. The molecule has 2 rings (SSSR count). The smallest absolute Gasteiger partial charge is 0.203 e. The lowest BCUT2D eigenvalue weighted by molar-refractivity contribution is 0.460. The van der Waals surface area contributed by atoms with Gasteiger partial charge in [-0.15, -0.1) is 10.2 Å². The zero-order valence-electron chi connectivity index (χ0n) is 9.29. The number of hydrazone groups is 1. The summed E-state index contributed by atoms with van der Waals surface area (Å²) in [5, 5.41) is 6.94. The number of nitrogens with zero attached hydrogens (tertiary/aromatic N) is 3. The van der Waals surface area contributed by atoms with Gasteiger partial charge in [0.1, 0.15) is 0 Å². The van der Waals surface area contributed by atoms with Crippen molar-refractivity contribution in [3.8, 4) is 0 Å². The summed E-state index contributed by atoms with van der Waals surface area (Å²) in [5.74, 6) is 0.237. The van der Waals surface area contributed by atoms with Crippen LogP contribution in [0.15, 0.2) is 39.4 Å². The summed E-state index contributed by atoms with van der Waals surface area (Å²) < 4.78 is 25.2. The third-order valence-electron chi connectivity index (χ3n) is 2.48. The SMILES string of the molecule is Cc1ccc(S(=O)(=O)N2CCC(N=N)=N2)cc1. The van der Waals surface area contributed by atoms with E-state index in [1.807, 2.05) is 6.92 Å². The van der Waals surface area contributed by atoms with Crippen molar-refractivity contribution in [1.29, 1.82) is 5.53 Å². The van der Waals surface area contributed by atoms with Gasteiger partial charge in [0, 0.05) is 6.42 Å².